The molecule has 1 aliphatic carbocycles. The average molecular weight is 226 g/mol. The lowest BCUT2D eigenvalue weighted by Gasteiger charge is -2.05. The Balaban J connectivity index is 2.20. The Morgan fingerprint density at radius 2 is 2.29 bits per heavy atom. The maximum atomic E-state index is 11.7. The molecule has 0 saturated carbocycles. The molecule has 0 saturated heterocycles. The smallest absolute Gasteiger partial charge is 0.338 e. The predicted molar refractivity (Wildman–Crippen MR) is 61.6 cm³/mol. The Bertz CT molecular complexity index is 608. The van der Waals surface area contributed by atoms with Gasteiger partial charge in [-0.15, -0.1) is 0 Å². The summed E-state index contributed by atoms with van der Waals surface area (Å²) in [7, 11) is 1.39. The van der Waals surface area contributed by atoms with Gasteiger partial charge in [0.15, 0.2) is 0 Å². The highest BCUT2D eigenvalue weighted by Gasteiger charge is 2.24. The van der Waals surface area contributed by atoms with Gasteiger partial charge in [0.25, 0.3) is 0 Å². The summed E-state index contributed by atoms with van der Waals surface area (Å²) in [4.78, 5) is 19.9. The molecule has 0 amide bonds. The predicted octanol–water partition coefficient (Wildman–Crippen LogP) is 1.83. The molecule has 2 aromatic rings. The minimum absolute atomic E-state index is 0.303. The van der Waals surface area contributed by atoms with E-state index in [0.29, 0.717) is 12.0 Å². The Morgan fingerprint density at radius 3 is 3.12 bits per heavy atom. The monoisotopic (exact) mass is 226 g/mol. The van der Waals surface area contributed by atoms with E-state index in [1.54, 1.807) is 12.3 Å². The first-order valence-corrected chi connectivity index (χ1v) is 5.30. The maximum Gasteiger partial charge on any atom is 0.338 e. The van der Waals surface area contributed by atoms with E-state index in [9.17, 15) is 4.79 Å². The van der Waals surface area contributed by atoms with Crippen LogP contribution in [0.4, 0.5) is 0 Å². The van der Waals surface area contributed by atoms with E-state index in [2.05, 4.69) is 9.97 Å². The molecule has 0 N–H and O–H groups in total. The Morgan fingerprint density at radius 1 is 1.41 bits per heavy atom. The molecule has 17 heavy (non-hydrogen) atoms. The van der Waals surface area contributed by atoms with Gasteiger partial charge in [-0.1, -0.05) is 12.1 Å². The van der Waals surface area contributed by atoms with Gasteiger partial charge < -0.3 is 4.74 Å². The highest BCUT2D eigenvalue weighted by molar-refractivity contribution is 5.94. The minimum atomic E-state index is -0.303. The van der Waals surface area contributed by atoms with Gasteiger partial charge in [0, 0.05) is 23.7 Å². The van der Waals surface area contributed by atoms with E-state index in [-0.39, 0.29) is 5.97 Å². The molecule has 0 spiro atoms. The van der Waals surface area contributed by atoms with Crippen LogP contribution in [0, 0.1) is 0 Å². The van der Waals surface area contributed by atoms with Crippen LogP contribution >= 0.6 is 0 Å². The average Bonchev–Trinajstić information content (AvgIpc) is 2.76. The van der Waals surface area contributed by atoms with Crippen molar-refractivity contribution in [3.8, 4) is 11.3 Å². The SMILES string of the molecule is COC(=O)c1cccc2c1Cc1cncnc1-2. The number of rotatable bonds is 1. The number of methoxy groups -OCH3 is 1. The van der Waals surface area contributed by atoms with E-state index >= 15 is 0 Å². The zero-order valence-electron chi connectivity index (χ0n) is 9.30. The lowest BCUT2D eigenvalue weighted by Crippen LogP contribution is -2.04. The zero-order valence-corrected chi connectivity index (χ0v) is 9.30. The molecule has 0 bridgehead atoms. The molecule has 0 radical (unpaired) electrons. The summed E-state index contributed by atoms with van der Waals surface area (Å²) in [5, 5.41) is 0. The van der Waals surface area contributed by atoms with Crippen LogP contribution in [0.2, 0.25) is 0 Å². The first-order valence-electron chi connectivity index (χ1n) is 5.30. The summed E-state index contributed by atoms with van der Waals surface area (Å²) < 4.78 is 4.79. The number of hydrogen-bond acceptors (Lipinski definition) is 4. The third kappa shape index (κ3) is 1.41. The Labute approximate surface area is 98.3 Å². The van der Waals surface area contributed by atoms with Crippen LogP contribution in [-0.2, 0) is 11.2 Å². The van der Waals surface area contributed by atoms with Gasteiger partial charge in [-0.2, -0.15) is 0 Å². The normalized spacial score (nSPS) is 11.8. The maximum absolute atomic E-state index is 11.7. The third-order valence-corrected chi connectivity index (χ3v) is 2.99. The fraction of sp³-hybridized carbons (Fsp3) is 0.154. The van der Waals surface area contributed by atoms with Gasteiger partial charge >= 0.3 is 5.97 Å². The van der Waals surface area contributed by atoms with Crippen molar-refractivity contribution in [1.29, 1.82) is 0 Å². The lowest BCUT2D eigenvalue weighted by molar-refractivity contribution is 0.0600. The number of aromatic nitrogens is 2. The summed E-state index contributed by atoms with van der Waals surface area (Å²) in [6, 6.07) is 5.60. The summed E-state index contributed by atoms with van der Waals surface area (Å²) in [5.41, 5.74) is 4.57. The molecule has 4 nitrogen and oxygen atoms in total. The molecular formula is C13H10N2O2. The molecule has 0 fully saturated rings. The highest BCUT2D eigenvalue weighted by Crippen LogP contribution is 2.36. The van der Waals surface area contributed by atoms with Crippen LogP contribution in [0.1, 0.15) is 21.5 Å². The zero-order chi connectivity index (χ0) is 11.8. The Hall–Kier alpha value is -2.23. The van der Waals surface area contributed by atoms with Crippen molar-refractivity contribution < 1.29 is 9.53 Å². The lowest BCUT2D eigenvalue weighted by atomic mass is 10.0. The summed E-state index contributed by atoms with van der Waals surface area (Å²) in [5.74, 6) is -0.303. The van der Waals surface area contributed by atoms with Gasteiger partial charge in [0.05, 0.1) is 18.4 Å². The molecule has 1 aliphatic rings. The first kappa shape index (κ1) is 9.96. The highest BCUT2D eigenvalue weighted by atomic mass is 16.5. The molecule has 3 rings (SSSR count). The number of benzene rings is 1. The van der Waals surface area contributed by atoms with Crippen molar-refractivity contribution >= 4 is 5.97 Å². The van der Waals surface area contributed by atoms with Gasteiger partial charge in [-0.25, -0.2) is 14.8 Å². The van der Waals surface area contributed by atoms with Crippen LogP contribution in [0.3, 0.4) is 0 Å². The van der Waals surface area contributed by atoms with E-state index in [0.717, 1.165) is 22.4 Å². The molecule has 1 heterocycles. The van der Waals surface area contributed by atoms with Crippen LogP contribution in [0.25, 0.3) is 11.3 Å². The van der Waals surface area contributed by atoms with Gasteiger partial charge in [0.1, 0.15) is 6.33 Å². The van der Waals surface area contributed by atoms with Crippen molar-refractivity contribution in [2.75, 3.05) is 7.11 Å². The number of carbonyl (C=O) groups excluding carboxylic acids is 1. The second-order valence-corrected chi connectivity index (χ2v) is 3.90. The number of hydrogen-bond donors (Lipinski definition) is 0. The molecule has 0 unspecified atom stereocenters. The van der Waals surface area contributed by atoms with Crippen molar-refractivity contribution in [2.45, 2.75) is 6.42 Å². The fourth-order valence-electron chi connectivity index (χ4n) is 2.22. The summed E-state index contributed by atoms with van der Waals surface area (Å²) in [6.07, 6.45) is 4.01. The van der Waals surface area contributed by atoms with E-state index in [4.69, 9.17) is 4.74 Å². The third-order valence-electron chi connectivity index (χ3n) is 2.99. The second kappa shape index (κ2) is 3.66. The molecular weight excluding hydrogens is 216 g/mol. The van der Waals surface area contributed by atoms with Gasteiger partial charge in [-0.05, 0) is 11.6 Å². The number of nitrogens with zero attached hydrogens (tertiary/aromatic N) is 2. The summed E-state index contributed by atoms with van der Waals surface area (Å²) >= 11 is 0. The second-order valence-electron chi connectivity index (χ2n) is 3.90. The quantitative estimate of drug-likeness (QED) is 0.594. The number of ether oxygens (including phenoxy) is 1. The van der Waals surface area contributed by atoms with Crippen molar-refractivity contribution in [1.82, 2.24) is 9.97 Å². The van der Waals surface area contributed by atoms with Gasteiger partial charge in [0.2, 0.25) is 0 Å². The number of carbonyl (C=O) groups is 1. The molecule has 1 aromatic heterocycles. The summed E-state index contributed by atoms with van der Waals surface area (Å²) in [6.45, 7) is 0. The van der Waals surface area contributed by atoms with Crippen molar-refractivity contribution in [3.63, 3.8) is 0 Å². The topological polar surface area (TPSA) is 52.1 Å². The molecule has 0 aliphatic heterocycles. The van der Waals surface area contributed by atoms with Crippen LogP contribution in [0.15, 0.2) is 30.7 Å². The fourth-order valence-corrected chi connectivity index (χ4v) is 2.22. The molecule has 1 aromatic carbocycles. The molecule has 0 atom stereocenters. The standard InChI is InChI=1S/C13H10N2O2/c1-17-13(16)10-4-2-3-9-11(10)5-8-6-14-7-15-12(8)9/h2-4,6-7H,5H2,1H3. The van der Waals surface area contributed by atoms with Crippen LogP contribution < -0.4 is 0 Å². The number of fused-ring (bicyclic) bond motifs is 3. The van der Waals surface area contributed by atoms with Crippen molar-refractivity contribution in [2.24, 2.45) is 0 Å². The largest absolute Gasteiger partial charge is 0.465 e. The first-order chi connectivity index (χ1) is 8.31. The Kier molecular flexibility index (Phi) is 2.14. The van der Waals surface area contributed by atoms with E-state index < -0.39 is 0 Å². The van der Waals surface area contributed by atoms with Crippen molar-refractivity contribution in [3.05, 3.63) is 47.4 Å². The molecule has 84 valence electrons. The van der Waals surface area contributed by atoms with Gasteiger partial charge in [-0.3, -0.25) is 0 Å². The minimum Gasteiger partial charge on any atom is -0.465 e. The van der Waals surface area contributed by atoms with Crippen LogP contribution in [0.5, 0.6) is 0 Å². The van der Waals surface area contributed by atoms with Crippen LogP contribution in [-0.4, -0.2) is 23.0 Å². The van der Waals surface area contributed by atoms with E-state index in [1.807, 2.05) is 12.1 Å². The van der Waals surface area contributed by atoms with E-state index in [1.165, 1.54) is 13.4 Å². The molecule has 4 heteroatoms. The number of esters is 1.